The summed E-state index contributed by atoms with van der Waals surface area (Å²) in [5.41, 5.74) is 17.3. The van der Waals surface area contributed by atoms with E-state index >= 15 is 0 Å². The van der Waals surface area contributed by atoms with Crippen LogP contribution in [-0.2, 0) is 21.1 Å². The maximum absolute atomic E-state index is 6.16. The van der Waals surface area contributed by atoms with Crippen molar-refractivity contribution >= 4 is 86.7 Å². The van der Waals surface area contributed by atoms with Gasteiger partial charge in [0.25, 0.3) is 0 Å². The van der Waals surface area contributed by atoms with Gasteiger partial charge in [-0.2, -0.15) is 0 Å². The molecule has 89 heavy (non-hydrogen) atoms. The number of fused-ring (bicyclic) bond motifs is 4. The third kappa shape index (κ3) is 8.61. The molecule has 2 aliphatic heterocycles. The Bertz CT molecular complexity index is 4910. The normalized spacial score (nSPS) is 11.7. The van der Waals surface area contributed by atoms with E-state index in [0.29, 0.717) is 0 Å². The van der Waals surface area contributed by atoms with Crippen molar-refractivity contribution in [2.45, 2.75) is 0 Å². The van der Waals surface area contributed by atoms with Gasteiger partial charge in [-0.05, 0) is 206 Å². The molecule has 3 aliphatic rings. The number of rotatable bonds is 8. The van der Waals surface area contributed by atoms with E-state index in [-0.39, 0.29) is 21.1 Å². The van der Waals surface area contributed by atoms with Gasteiger partial charge in [0, 0.05) is 22.3 Å². The van der Waals surface area contributed by atoms with Crippen molar-refractivity contribution in [2.75, 3.05) is 28.4 Å². The van der Waals surface area contributed by atoms with Crippen LogP contribution in [0.5, 0.6) is 23.0 Å². The molecule has 426 valence electrons. The summed E-state index contributed by atoms with van der Waals surface area (Å²) in [6.07, 6.45) is 0. The van der Waals surface area contributed by atoms with Gasteiger partial charge < -0.3 is 28.9 Å². The first kappa shape index (κ1) is 53.7. The Hall–Kier alpha value is -10.8. The predicted octanol–water partition coefficient (Wildman–Crippen LogP) is 19.9. The molecule has 0 radical (unpaired) electrons. The van der Waals surface area contributed by atoms with Gasteiger partial charge in [-0.25, -0.2) is 9.97 Å². The second-order valence-electron chi connectivity index (χ2n) is 22.6. The molecule has 0 saturated heterocycles. The fourth-order valence-corrected chi connectivity index (χ4v) is 13.6. The molecule has 8 nitrogen and oxygen atoms in total. The Morgan fingerprint density at radius 3 is 0.629 bits per heavy atom. The summed E-state index contributed by atoms with van der Waals surface area (Å²) in [5, 5.41) is 12.6. The standard InChI is InChI=1S/C80H52N4O4.Pt/c1-85-57-29-21-45(22-30-57)69-73-61-37-49-13-5-7-15-51(49)39-63(61)75(81-73)70(46-23-31-58(86-2)32-24-46)77-65-41-53-17-9-11-19-55(53)43-67(65)79(83-77)72(48-27-35-60(88-4)36-28-48)80-68-44-56-20-12-10-18-54(56)42-66(68)78(84-80)71(47-25-33-59(87-3)34-26-47)76-64-40-52-16-8-6-14-50(52)38-62(64)74(69)82-76;/h5-44H,1-4H3;/q-2;+2. The van der Waals surface area contributed by atoms with Crippen molar-refractivity contribution in [1.29, 1.82) is 0 Å². The van der Waals surface area contributed by atoms with Crippen molar-refractivity contribution in [1.82, 2.24) is 19.9 Å². The van der Waals surface area contributed by atoms with E-state index in [2.05, 4.69) is 194 Å². The number of benzene rings is 12. The van der Waals surface area contributed by atoms with Gasteiger partial charge in [0.15, 0.2) is 0 Å². The average molecular weight is 1330 g/mol. The quantitative estimate of drug-likeness (QED) is 0.149. The van der Waals surface area contributed by atoms with Gasteiger partial charge in [-0.1, -0.05) is 146 Å². The molecule has 0 fully saturated rings. The van der Waals surface area contributed by atoms with Crippen LogP contribution in [0.3, 0.4) is 0 Å². The number of methoxy groups -OCH3 is 4. The van der Waals surface area contributed by atoms with E-state index in [1.165, 1.54) is 0 Å². The van der Waals surface area contributed by atoms with Gasteiger partial charge in [0.1, 0.15) is 23.0 Å². The number of hydrogen-bond donors (Lipinski definition) is 0. The van der Waals surface area contributed by atoms with Crippen molar-refractivity contribution in [3.05, 3.63) is 243 Å². The zero-order valence-corrected chi connectivity index (χ0v) is 51.1. The summed E-state index contributed by atoms with van der Waals surface area (Å²) in [7, 11) is 6.82. The predicted molar refractivity (Wildman–Crippen MR) is 361 cm³/mol. The summed E-state index contributed by atoms with van der Waals surface area (Å²) >= 11 is 0. The van der Waals surface area contributed by atoms with Crippen LogP contribution in [0.15, 0.2) is 243 Å². The van der Waals surface area contributed by atoms with Crippen molar-refractivity contribution in [3.8, 4) is 113 Å². The molecule has 0 saturated carbocycles. The Kier molecular flexibility index (Phi) is 12.8. The van der Waals surface area contributed by atoms with Crippen molar-refractivity contribution < 1.29 is 40.0 Å². The van der Waals surface area contributed by atoms with Gasteiger partial charge in [0.05, 0.1) is 51.2 Å². The van der Waals surface area contributed by atoms with E-state index in [1.807, 2.05) is 48.5 Å². The summed E-state index contributed by atoms with van der Waals surface area (Å²) in [6, 6.07) is 86.2. The first-order chi connectivity index (χ1) is 43.4. The molecule has 0 unspecified atom stereocenters. The largest absolute Gasteiger partial charge is 2.00 e. The van der Waals surface area contributed by atoms with Crippen molar-refractivity contribution in [2.24, 2.45) is 0 Å². The van der Waals surface area contributed by atoms with Crippen LogP contribution < -0.4 is 28.9 Å². The minimum absolute atomic E-state index is 0. The smallest absolute Gasteiger partial charge is 0.656 e. The molecule has 12 aromatic carbocycles. The van der Waals surface area contributed by atoms with Crippen LogP contribution in [0, 0.1) is 0 Å². The van der Waals surface area contributed by atoms with Gasteiger partial charge in [-0.3, -0.25) is 0 Å². The minimum atomic E-state index is 0. The van der Waals surface area contributed by atoms with Gasteiger partial charge >= 0.3 is 21.1 Å². The third-order valence-electron chi connectivity index (χ3n) is 17.9. The first-order valence-electron chi connectivity index (χ1n) is 29.5. The maximum Gasteiger partial charge on any atom is 2.00 e. The Morgan fingerprint density at radius 2 is 0.438 bits per heavy atom. The van der Waals surface area contributed by atoms with Crippen molar-refractivity contribution in [3.63, 3.8) is 0 Å². The van der Waals surface area contributed by atoms with E-state index in [0.717, 1.165) is 199 Å². The number of aromatic nitrogens is 4. The molecule has 0 N–H and O–H groups in total. The Balaban J connectivity index is 0.00000636. The van der Waals surface area contributed by atoms with Crippen LogP contribution in [0.4, 0.5) is 0 Å². The zero-order chi connectivity index (χ0) is 58.7. The number of hydrogen-bond acceptors (Lipinski definition) is 6. The molecule has 17 rings (SSSR count). The van der Waals surface area contributed by atoms with Crippen LogP contribution in [-0.4, -0.2) is 38.4 Å². The minimum Gasteiger partial charge on any atom is -0.656 e. The molecule has 8 bridgehead atoms. The van der Waals surface area contributed by atoms with Crippen LogP contribution >= 0.6 is 0 Å². The van der Waals surface area contributed by atoms with Crippen LogP contribution in [0.25, 0.3) is 176 Å². The fourth-order valence-electron chi connectivity index (χ4n) is 13.6. The summed E-state index contributed by atoms with van der Waals surface area (Å²) in [6.45, 7) is 0. The van der Waals surface area contributed by atoms with Gasteiger partial charge in [0.2, 0.25) is 0 Å². The molecule has 2 aromatic heterocycles. The fraction of sp³-hybridized carbons (Fsp3) is 0.0500. The average Bonchev–Trinajstić information content (AvgIpc) is 1.63. The molecule has 1 aliphatic carbocycles. The molecular formula is C80H52N4O4Pt. The van der Waals surface area contributed by atoms with Gasteiger partial charge in [-0.15, -0.1) is 22.1 Å². The van der Waals surface area contributed by atoms with E-state index in [1.54, 1.807) is 28.4 Å². The molecule has 14 aromatic rings. The molecule has 0 spiro atoms. The topological polar surface area (TPSA) is 90.9 Å². The number of nitrogens with zero attached hydrogens (tertiary/aromatic N) is 4. The molecule has 0 atom stereocenters. The van der Waals surface area contributed by atoms with E-state index in [9.17, 15) is 0 Å². The second-order valence-corrected chi connectivity index (χ2v) is 22.6. The van der Waals surface area contributed by atoms with Crippen LogP contribution in [0.1, 0.15) is 0 Å². The Labute approximate surface area is 526 Å². The van der Waals surface area contributed by atoms with E-state index < -0.39 is 0 Å². The molecule has 4 heterocycles. The van der Waals surface area contributed by atoms with Crippen LogP contribution in [0.2, 0.25) is 0 Å². The zero-order valence-electron chi connectivity index (χ0n) is 48.8. The monoisotopic (exact) mass is 1330 g/mol. The maximum atomic E-state index is 6.16. The summed E-state index contributed by atoms with van der Waals surface area (Å²) in [4.78, 5) is 24.6. The molecular weight excluding hydrogens is 1280 g/mol. The summed E-state index contributed by atoms with van der Waals surface area (Å²) in [5.74, 6) is 2.95. The molecule has 9 heteroatoms. The SMILES string of the molecule is COc1ccc(-c2c3nc(c(-c4ccc(OC)cc4)c4[n-]c(c(-c5ccc(OC)cc5)c5nc(c(-c6ccc(OC)cc6)c6[n-]c2c2cc7ccccc7cc62)-c2cc6ccccc6cc2-5)c2cc5ccccc5cc42)-c2cc4ccccc4cc2-3)cc1.[Pt+2]. The number of ether oxygens (including phenoxy) is 4. The Morgan fingerprint density at radius 1 is 0.247 bits per heavy atom. The first-order valence-corrected chi connectivity index (χ1v) is 29.5. The van der Waals surface area contributed by atoms with E-state index in [4.69, 9.17) is 38.9 Å². The third-order valence-corrected chi connectivity index (χ3v) is 17.9. The second kappa shape index (κ2) is 21.3. The molecule has 0 amide bonds. The summed E-state index contributed by atoms with van der Waals surface area (Å²) < 4.78 is 23.5.